The van der Waals surface area contributed by atoms with Gasteiger partial charge in [-0.1, -0.05) is 0 Å². The first-order valence-electron chi connectivity index (χ1n) is 18.3. The molecule has 1 fully saturated rings. The van der Waals surface area contributed by atoms with Crippen molar-refractivity contribution in [1.29, 1.82) is 0 Å². The summed E-state index contributed by atoms with van der Waals surface area (Å²) in [6.07, 6.45) is 3.83. The molecule has 5 rings (SSSR count). The average molecular weight is 739 g/mol. The van der Waals surface area contributed by atoms with Crippen molar-refractivity contribution in [3.05, 3.63) is 129 Å². The third-order valence-electron chi connectivity index (χ3n) is 9.77. The number of carbonyl (C=O) groups is 1. The molecule has 4 aromatic carbocycles. The van der Waals surface area contributed by atoms with E-state index in [0.717, 1.165) is 27.8 Å². The fourth-order valence-electron chi connectivity index (χ4n) is 6.65. The fourth-order valence-corrected chi connectivity index (χ4v) is 12.2. The summed E-state index contributed by atoms with van der Waals surface area (Å²) < 4.78 is 17.4. The Hall–Kier alpha value is -3.98. The molecule has 1 N–H and O–H groups in total. The molecule has 0 bridgehead atoms. The Morgan fingerprint density at radius 1 is 0.615 bits per heavy atom. The van der Waals surface area contributed by atoms with Crippen LogP contribution in [0.25, 0.3) is 0 Å². The fraction of sp³-hybridized carbons (Fsp3) is 0.413. The van der Waals surface area contributed by atoms with Crippen LogP contribution in [0.15, 0.2) is 92.9 Å². The zero-order valence-electron chi connectivity index (χ0n) is 33.5. The molecule has 0 amide bonds. The van der Waals surface area contributed by atoms with Gasteiger partial charge in [0.1, 0.15) is 0 Å². The van der Waals surface area contributed by atoms with Crippen LogP contribution in [-0.4, -0.2) is 23.5 Å². The van der Waals surface area contributed by atoms with E-state index in [4.69, 9.17) is 12.7 Å². The third-order valence-corrected chi connectivity index (χ3v) is 14.7. The Balaban J connectivity index is 1.81. The zero-order valence-corrected chi connectivity index (χ0v) is 34.7. The van der Waals surface area contributed by atoms with Gasteiger partial charge in [-0.25, -0.2) is 0 Å². The average Bonchev–Trinajstić information content (AvgIpc) is 3.70. The van der Waals surface area contributed by atoms with Crippen molar-refractivity contribution in [2.24, 2.45) is 7.95 Å². The summed E-state index contributed by atoms with van der Waals surface area (Å²) in [7, 11) is 0. The summed E-state index contributed by atoms with van der Waals surface area (Å²) in [5, 5.41) is 11.8. The van der Waals surface area contributed by atoms with Crippen LogP contribution in [0.3, 0.4) is 0 Å². The van der Waals surface area contributed by atoms with Gasteiger partial charge >= 0.3 is 317 Å². The molecule has 5 nitrogen and oxygen atoms in total. The number of nitrogens with zero attached hydrogens (tertiary/aromatic N) is 2. The number of carbonyl (C=O) groups excluding carboxylic acids is 1. The molecule has 6 heteroatoms. The summed E-state index contributed by atoms with van der Waals surface area (Å²) in [6, 6.07) is 29.7. The van der Waals surface area contributed by atoms with Gasteiger partial charge in [0, 0.05) is 0 Å². The third kappa shape index (κ3) is 8.30. The molecule has 1 aliphatic heterocycles. The number of aromatic hydroxyl groups is 1. The summed E-state index contributed by atoms with van der Waals surface area (Å²) in [4.78, 5) is 12.6. The maximum atomic E-state index is 12.6. The number of phenols is 1. The van der Waals surface area contributed by atoms with E-state index in [1.54, 1.807) is 0 Å². The van der Waals surface area contributed by atoms with E-state index in [2.05, 4.69) is 156 Å². The van der Waals surface area contributed by atoms with E-state index in [0.29, 0.717) is 11.3 Å². The number of hydrogen-bond acceptors (Lipinski definition) is 5. The normalized spacial score (nSPS) is 20.9. The quantitative estimate of drug-likeness (QED) is 0.117. The van der Waals surface area contributed by atoms with E-state index in [1.165, 1.54) is 18.1 Å². The minimum absolute atomic E-state index is 0.0763. The number of ether oxygens (including phenoxy) is 1. The van der Waals surface area contributed by atoms with Gasteiger partial charge in [-0.15, -0.1) is 0 Å². The summed E-state index contributed by atoms with van der Waals surface area (Å²) in [5.74, 6) is 0.444. The predicted molar refractivity (Wildman–Crippen MR) is 214 cm³/mol. The van der Waals surface area contributed by atoms with Crippen molar-refractivity contribution in [2.45, 2.75) is 121 Å². The van der Waals surface area contributed by atoms with Gasteiger partial charge in [-0.05, 0) is 0 Å². The summed E-state index contributed by atoms with van der Waals surface area (Å²) in [6.45, 7) is 27.5. The molecule has 0 unspecified atom stereocenters. The second-order valence-corrected chi connectivity index (χ2v) is 22.5. The van der Waals surface area contributed by atoms with Gasteiger partial charge in [0.05, 0.1) is 0 Å². The van der Waals surface area contributed by atoms with E-state index in [1.807, 2.05) is 24.6 Å². The molecule has 276 valence electrons. The van der Waals surface area contributed by atoms with E-state index < -0.39 is 13.5 Å². The van der Waals surface area contributed by atoms with Gasteiger partial charge in [-0.2, -0.15) is 0 Å². The van der Waals surface area contributed by atoms with E-state index in [-0.39, 0.29) is 42.9 Å². The molecule has 0 aliphatic carbocycles. The second kappa shape index (κ2) is 14.1. The Kier molecular flexibility index (Phi) is 10.6. The predicted octanol–water partition coefficient (Wildman–Crippen LogP) is 11.5. The number of phenolic OH excluding ortho intramolecular Hbond substituents is 1. The van der Waals surface area contributed by atoms with Gasteiger partial charge in [-0.3, -0.25) is 0 Å². The van der Waals surface area contributed by atoms with Gasteiger partial charge in [0.2, 0.25) is 0 Å². The van der Waals surface area contributed by atoms with Gasteiger partial charge < -0.3 is 0 Å². The zero-order chi connectivity index (χ0) is 38.4. The SMILES string of the molecule is CC(=O)Oc1c(C=[N][Cr]2([N]=Cc3cc(C(C)(C)C)cc(C(C)(C)C)c3O)[C@H](c3ccccc3)[C@H]2c2ccccc2)cc(C(C)(C)C)cc1C(C)(C)C. The number of hydrogen-bond donors (Lipinski definition) is 1. The van der Waals surface area contributed by atoms with Gasteiger partial charge in [0.15, 0.2) is 0 Å². The minimum atomic E-state index is -3.27. The van der Waals surface area contributed by atoms with Crippen molar-refractivity contribution in [1.82, 2.24) is 0 Å². The Bertz CT molecular complexity index is 1940. The molecule has 1 heterocycles. The summed E-state index contributed by atoms with van der Waals surface area (Å²) in [5.41, 5.74) is 7.21. The van der Waals surface area contributed by atoms with Crippen molar-refractivity contribution in [3.8, 4) is 11.5 Å². The first-order chi connectivity index (χ1) is 24.0. The molecular weight excluding hydrogens is 681 g/mol. The van der Waals surface area contributed by atoms with Crippen LogP contribution < -0.4 is 4.74 Å². The van der Waals surface area contributed by atoms with Crippen LogP contribution in [0.1, 0.15) is 144 Å². The van der Waals surface area contributed by atoms with Crippen molar-refractivity contribution in [2.75, 3.05) is 0 Å². The van der Waals surface area contributed by atoms with E-state index in [9.17, 15) is 9.90 Å². The molecule has 0 spiro atoms. The van der Waals surface area contributed by atoms with Gasteiger partial charge in [0.25, 0.3) is 0 Å². The monoisotopic (exact) mass is 738 g/mol. The topological polar surface area (TPSA) is 71.2 Å². The van der Waals surface area contributed by atoms with Crippen LogP contribution in [-0.2, 0) is 40.0 Å². The van der Waals surface area contributed by atoms with Crippen LogP contribution in [0.5, 0.6) is 11.5 Å². The van der Waals surface area contributed by atoms with Crippen molar-refractivity contribution in [3.63, 3.8) is 0 Å². The maximum absolute atomic E-state index is 12.6. The van der Waals surface area contributed by atoms with Crippen molar-refractivity contribution < 1.29 is 28.2 Å². The Labute approximate surface area is 315 Å². The molecule has 0 radical (unpaired) electrons. The second-order valence-electron chi connectivity index (χ2n) is 18.3. The Morgan fingerprint density at radius 2 is 1.02 bits per heavy atom. The summed E-state index contributed by atoms with van der Waals surface area (Å²) >= 11 is -3.27. The van der Waals surface area contributed by atoms with Crippen LogP contribution in [0, 0.1) is 0 Å². The number of esters is 1. The molecule has 2 atom stereocenters. The molecule has 4 aromatic rings. The first kappa shape index (κ1) is 39.2. The van der Waals surface area contributed by atoms with E-state index >= 15 is 0 Å². The molecular formula is C46H58CrN2O3. The molecule has 52 heavy (non-hydrogen) atoms. The number of benzene rings is 4. The van der Waals surface area contributed by atoms with Crippen LogP contribution >= 0.6 is 0 Å². The van der Waals surface area contributed by atoms with Crippen LogP contribution in [0.4, 0.5) is 0 Å². The number of rotatable bonds is 7. The first-order valence-corrected chi connectivity index (χ1v) is 20.9. The molecule has 1 saturated heterocycles. The Morgan fingerprint density at radius 3 is 1.42 bits per heavy atom. The van der Waals surface area contributed by atoms with Crippen LogP contribution in [0.2, 0.25) is 0 Å². The van der Waals surface area contributed by atoms with Crippen molar-refractivity contribution >= 4 is 18.4 Å². The molecule has 0 aromatic heterocycles. The molecule has 1 aliphatic rings. The molecule has 0 saturated carbocycles. The standard InChI is InChI=1S/C17H24NO2.C15H22NO.C14H12.Cr/c1-11(19)20-15-12(10-18)8-13(16(2,3)4)9-14(15)17(5,6)7;1-14(2,3)11-7-10(9-16)13(17)12(8-11)15(4,5)6;1-3-7-13(8-4-1)11-12-14-9-5-2-6-10-14;/h8-10H,1-7H3;7-9,17H,1-6H3;1-12H;/q2*-1;;+2.